The lowest BCUT2D eigenvalue weighted by molar-refractivity contribution is -0.364. The largest absolute Gasteiger partial charge is 0.361 e. The highest BCUT2D eigenvalue weighted by atomic mass is 35.5. The van der Waals surface area contributed by atoms with E-state index in [1.807, 2.05) is 50.4 Å². The molecule has 0 aliphatic heterocycles. The first-order valence-corrected chi connectivity index (χ1v) is 13.3. The van der Waals surface area contributed by atoms with Gasteiger partial charge in [-0.15, -0.1) is 0 Å². The number of anilines is 1. The van der Waals surface area contributed by atoms with Crippen LogP contribution in [0.2, 0.25) is 10.0 Å². The number of H-pyrrole nitrogens is 2. The average molecular weight is 518 g/mol. The number of pyridine rings is 1. The van der Waals surface area contributed by atoms with E-state index in [0.717, 1.165) is 22.0 Å². The fourth-order valence-corrected chi connectivity index (χ4v) is 6.13. The summed E-state index contributed by atoms with van der Waals surface area (Å²) in [6, 6.07) is 17.0. The van der Waals surface area contributed by atoms with Crippen LogP contribution in [0.1, 0.15) is 30.9 Å². The molecule has 0 fully saturated rings. The number of hydrogen-bond donors (Lipinski definition) is 2. The van der Waals surface area contributed by atoms with Crippen LogP contribution in [0, 0.1) is 0 Å². The van der Waals surface area contributed by atoms with Crippen LogP contribution in [0.5, 0.6) is 0 Å². The van der Waals surface area contributed by atoms with Gasteiger partial charge in [-0.25, -0.2) is 13.4 Å². The van der Waals surface area contributed by atoms with Crippen LogP contribution in [0.15, 0.2) is 71.9 Å². The summed E-state index contributed by atoms with van der Waals surface area (Å²) >= 11 is 12.7. The standard InChI is InChI=1S/C25H26Cl2N4O2S/c1-3-31(4-2)34(32,33)18-10-12-25(29-14-18)30-16-21(19-11-9-17(26)13-23(19)27)22-15-28-24-8-6-5-7-20(22)24/h5-15,21,28H,3-4,16H2,1-2H3,(H,29,30)/p+1/t21-/m1/s1. The summed E-state index contributed by atoms with van der Waals surface area (Å²) in [5.41, 5.74) is 3.10. The molecule has 0 amide bonds. The molecule has 34 heavy (non-hydrogen) atoms. The second-order valence-corrected chi connectivity index (χ2v) is 10.7. The maximum atomic E-state index is 12.8. The molecule has 0 aliphatic carbocycles. The van der Waals surface area contributed by atoms with Gasteiger partial charge in [-0.3, -0.25) is 5.32 Å². The van der Waals surface area contributed by atoms with Crippen LogP contribution < -0.4 is 10.3 Å². The summed E-state index contributed by atoms with van der Waals surface area (Å²) in [5, 5.41) is 5.69. The normalized spacial score (nSPS) is 12.9. The highest BCUT2D eigenvalue weighted by molar-refractivity contribution is 7.89. The van der Waals surface area contributed by atoms with Crippen LogP contribution in [0.4, 0.5) is 5.82 Å². The van der Waals surface area contributed by atoms with Crippen LogP contribution >= 0.6 is 23.2 Å². The maximum Gasteiger partial charge on any atom is 0.272 e. The molecule has 1 atom stereocenters. The monoisotopic (exact) mass is 517 g/mol. The van der Waals surface area contributed by atoms with Gasteiger partial charge in [0.1, 0.15) is 11.1 Å². The summed E-state index contributed by atoms with van der Waals surface area (Å²) in [6.07, 6.45) is 3.53. The van der Waals surface area contributed by atoms with Crippen molar-refractivity contribution in [3.8, 4) is 0 Å². The quantitative estimate of drug-likeness (QED) is 0.304. The third-order valence-corrected chi connectivity index (χ3v) is 8.57. The average Bonchev–Trinajstić information content (AvgIpc) is 3.25. The van der Waals surface area contributed by atoms with Crippen LogP contribution in [-0.4, -0.2) is 37.3 Å². The second kappa shape index (κ2) is 10.4. The van der Waals surface area contributed by atoms with Crippen LogP contribution in [-0.2, 0) is 10.0 Å². The van der Waals surface area contributed by atoms with E-state index in [2.05, 4.69) is 21.4 Å². The molecule has 6 nitrogen and oxygen atoms in total. The van der Waals surface area contributed by atoms with E-state index in [9.17, 15) is 8.42 Å². The number of aromatic amines is 2. The fraction of sp³-hybridized carbons (Fsp3) is 0.240. The predicted molar refractivity (Wildman–Crippen MR) is 138 cm³/mol. The molecule has 0 unspecified atom stereocenters. The van der Waals surface area contributed by atoms with E-state index >= 15 is 0 Å². The van der Waals surface area contributed by atoms with Gasteiger partial charge in [0.25, 0.3) is 5.82 Å². The number of nitrogens with zero attached hydrogens (tertiary/aromatic N) is 1. The predicted octanol–water partition coefficient (Wildman–Crippen LogP) is 5.56. The number of rotatable bonds is 9. The highest BCUT2D eigenvalue weighted by Gasteiger charge is 2.25. The van der Waals surface area contributed by atoms with E-state index in [1.165, 1.54) is 10.5 Å². The Bertz CT molecular complexity index is 1380. The lowest BCUT2D eigenvalue weighted by Crippen LogP contribution is -2.31. The zero-order valence-electron chi connectivity index (χ0n) is 19.0. The number of fused-ring (bicyclic) bond motifs is 1. The van der Waals surface area contributed by atoms with Crippen LogP contribution in [0.25, 0.3) is 10.9 Å². The molecule has 3 N–H and O–H groups in total. The van der Waals surface area contributed by atoms with Crippen molar-refractivity contribution in [1.82, 2.24) is 9.29 Å². The van der Waals surface area contributed by atoms with E-state index in [4.69, 9.17) is 23.2 Å². The molecule has 178 valence electrons. The summed E-state index contributed by atoms with van der Waals surface area (Å²) in [6.45, 7) is 5.03. The third-order valence-electron chi connectivity index (χ3n) is 5.96. The van der Waals surface area contributed by atoms with Gasteiger partial charge in [-0.1, -0.05) is 61.3 Å². The van der Waals surface area contributed by atoms with Gasteiger partial charge in [0, 0.05) is 52.2 Å². The van der Waals surface area contributed by atoms with Gasteiger partial charge in [0.05, 0.1) is 6.54 Å². The molecule has 0 saturated heterocycles. The van der Waals surface area contributed by atoms with Crippen molar-refractivity contribution in [2.75, 3.05) is 25.0 Å². The molecule has 9 heteroatoms. The molecule has 2 aromatic heterocycles. The van der Waals surface area contributed by atoms with Gasteiger partial charge < -0.3 is 4.98 Å². The Morgan fingerprint density at radius 1 is 1.03 bits per heavy atom. The lowest BCUT2D eigenvalue weighted by atomic mass is 9.90. The smallest absolute Gasteiger partial charge is 0.272 e. The summed E-state index contributed by atoms with van der Waals surface area (Å²) in [5.74, 6) is 0.627. The number of aromatic nitrogens is 2. The molecule has 0 saturated carbocycles. The first kappa shape index (κ1) is 24.5. The Kier molecular flexibility index (Phi) is 7.48. The van der Waals surface area contributed by atoms with Crippen molar-refractivity contribution in [2.24, 2.45) is 0 Å². The van der Waals surface area contributed by atoms with Crippen LogP contribution in [0.3, 0.4) is 0 Å². The minimum Gasteiger partial charge on any atom is -0.361 e. The maximum absolute atomic E-state index is 12.8. The first-order valence-electron chi connectivity index (χ1n) is 11.1. The molecule has 0 radical (unpaired) electrons. The van der Waals surface area contributed by atoms with Crippen molar-refractivity contribution in [1.29, 1.82) is 0 Å². The zero-order chi connectivity index (χ0) is 24.3. The van der Waals surface area contributed by atoms with E-state index in [1.54, 1.807) is 18.2 Å². The van der Waals surface area contributed by atoms with Gasteiger partial charge in [0.15, 0.2) is 0 Å². The van der Waals surface area contributed by atoms with Crippen molar-refractivity contribution >= 4 is 49.9 Å². The molecule has 4 aromatic rings. The lowest BCUT2D eigenvalue weighted by Gasteiger charge is -2.18. The summed E-state index contributed by atoms with van der Waals surface area (Å²) < 4.78 is 26.9. The van der Waals surface area contributed by atoms with Crippen molar-refractivity contribution in [3.05, 3.63) is 88.2 Å². The first-order chi connectivity index (χ1) is 16.3. The van der Waals surface area contributed by atoms with Crippen molar-refractivity contribution in [2.45, 2.75) is 24.7 Å². The summed E-state index contributed by atoms with van der Waals surface area (Å²) in [7, 11) is -3.52. The molecular weight excluding hydrogens is 491 g/mol. The minimum atomic E-state index is -3.52. The Hall–Kier alpha value is -2.58. The SMILES string of the molecule is CCN(CC)S(=O)(=O)c1ccc(NC[C@H](c2ccc(Cl)cc2Cl)c2c[nH]c3ccccc23)[nH+]c1. The Morgan fingerprint density at radius 2 is 1.79 bits per heavy atom. The van der Waals surface area contributed by atoms with Crippen molar-refractivity contribution in [3.63, 3.8) is 0 Å². The highest BCUT2D eigenvalue weighted by Crippen LogP contribution is 2.35. The van der Waals surface area contributed by atoms with E-state index in [0.29, 0.717) is 35.5 Å². The number of nitrogens with one attached hydrogen (secondary N) is 3. The van der Waals surface area contributed by atoms with Gasteiger partial charge in [-0.2, -0.15) is 4.31 Å². The molecular formula is C25H27Cl2N4O2S+. The number of hydrogen-bond acceptors (Lipinski definition) is 3. The molecule has 2 aromatic carbocycles. The molecule has 0 aliphatic rings. The summed E-state index contributed by atoms with van der Waals surface area (Å²) in [4.78, 5) is 6.65. The van der Waals surface area contributed by atoms with E-state index < -0.39 is 10.0 Å². The molecule has 0 spiro atoms. The Labute approximate surface area is 210 Å². The fourth-order valence-electron chi connectivity index (χ4n) is 4.16. The third kappa shape index (κ3) is 4.93. The second-order valence-electron chi connectivity index (χ2n) is 7.92. The molecule has 4 rings (SSSR count). The molecule has 0 bridgehead atoms. The zero-order valence-corrected chi connectivity index (χ0v) is 21.3. The van der Waals surface area contributed by atoms with Gasteiger partial charge in [0.2, 0.25) is 10.0 Å². The van der Waals surface area contributed by atoms with Gasteiger partial charge >= 0.3 is 0 Å². The molecule has 2 heterocycles. The number of halogens is 2. The van der Waals surface area contributed by atoms with Gasteiger partial charge in [-0.05, 0) is 35.4 Å². The Morgan fingerprint density at radius 3 is 2.47 bits per heavy atom. The number of para-hydroxylation sites is 1. The number of sulfonamides is 1. The topological polar surface area (TPSA) is 79.3 Å². The number of benzene rings is 2. The minimum absolute atomic E-state index is 0.0756. The Balaban J connectivity index is 1.63. The van der Waals surface area contributed by atoms with E-state index in [-0.39, 0.29) is 10.8 Å². The van der Waals surface area contributed by atoms with Crippen molar-refractivity contribution < 1.29 is 13.4 Å².